The zero-order valence-electron chi connectivity index (χ0n) is 20.1. The lowest BCUT2D eigenvalue weighted by molar-refractivity contribution is 0.0950. The molecule has 1 aliphatic carbocycles. The molecule has 5 heteroatoms. The first-order chi connectivity index (χ1) is 16.5. The summed E-state index contributed by atoms with van der Waals surface area (Å²) >= 11 is 0. The zero-order chi connectivity index (χ0) is 24.2. The molecule has 34 heavy (non-hydrogen) atoms. The van der Waals surface area contributed by atoms with E-state index in [-0.39, 0.29) is 11.8 Å². The molecule has 0 atom stereocenters. The maximum absolute atomic E-state index is 12.5. The fourth-order valence-electron chi connectivity index (χ4n) is 3.45. The molecule has 1 saturated carbocycles. The van der Waals surface area contributed by atoms with Gasteiger partial charge in [0.15, 0.2) is 0 Å². The normalized spacial score (nSPS) is 12.3. The predicted molar refractivity (Wildman–Crippen MR) is 138 cm³/mol. The van der Waals surface area contributed by atoms with Crippen LogP contribution in [0.15, 0.2) is 78.9 Å². The molecule has 0 aliphatic heterocycles. The van der Waals surface area contributed by atoms with E-state index < -0.39 is 0 Å². The van der Waals surface area contributed by atoms with Crippen LogP contribution in [0.2, 0.25) is 0 Å². The quantitative estimate of drug-likeness (QED) is 0.405. The van der Waals surface area contributed by atoms with Gasteiger partial charge in [0, 0.05) is 30.3 Å². The molecule has 2 amide bonds. The number of hydrogen-bond donors (Lipinski definition) is 3. The first kappa shape index (κ1) is 25.2. The minimum atomic E-state index is -0.176. The molecule has 4 rings (SSSR count). The lowest BCUT2D eigenvalue weighted by Gasteiger charge is -2.10. The fraction of sp³-hybridized carbons (Fsp3) is 0.310. The topological polar surface area (TPSA) is 70.2 Å². The van der Waals surface area contributed by atoms with Crippen molar-refractivity contribution in [1.29, 1.82) is 0 Å². The first-order valence-electron chi connectivity index (χ1n) is 12.0. The Morgan fingerprint density at radius 2 is 1.32 bits per heavy atom. The van der Waals surface area contributed by atoms with Crippen molar-refractivity contribution < 1.29 is 9.59 Å². The second-order valence-corrected chi connectivity index (χ2v) is 8.75. The van der Waals surface area contributed by atoms with Crippen LogP contribution in [0.1, 0.15) is 56.7 Å². The van der Waals surface area contributed by atoms with Crippen LogP contribution in [-0.4, -0.2) is 30.9 Å². The van der Waals surface area contributed by atoms with Crippen molar-refractivity contribution in [3.63, 3.8) is 0 Å². The Morgan fingerprint density at radius 3 is 1.88 bits per heavy atom. The molecule has 3 aromatic carbocycles. The predicted octanol–water partition coefficient (Wildman–Crippen LogP) is 4.79. The summed E-state index contributed by atoms with van der Waals surface area (Å²) in [6, 6.07) is 26.0. The minimum absolute atomic E-state index is 0.137. The van der Waals surface area contributed by atoms with E-state index in [4.69, 9.17) is 0 Å². The highest BCUT2D eigenvalue weighted by atomic mass is 16.2. The average molecular weight is 458 g/mol. The average Bonchev–Trinajstić information content (AvgIpc) is 3.68. The summed E-state index contributed by atoms with van der Waals surface area (Å²) in [5.74, 6) is -0.313. The van der Waals surface area contributed by atoms with Crippen molar-refractivity contribution in [2.75, 3.05) is 13.1 Å². The lowest BCUT2D eigenvalue weighted by Crippen LogP contribution is -2.28. The van der Waals surface area contributed by atoms with E-state index in [2.05, 4.69) is 35.0 Å². The van der Waals surface area contributed by atoms with Crippen molar-refractivity contribution in [3.05, 3.63) is 107 Å². The number of hydrogen-bond acceptors (Lipinski definition) is 3. The van der Waals surface area contributed by atoms with Crippen LogP contribution in [0.4, 0.5) is 0 Å². The van der Waals surface area contributed by atoms with Crippen molar-refractivity contribution in [1.82, 2.24) is 16.0 Å². The molecule has 0 heterocycles. The molecule has 0 radical (unpaired) electrons. The van der Waals surface area contributed by atoms with Gasteiger partial charge in [-0.15, -0.1) is 0 Å². The van der Waals surface area contributed by atoms with Crippen LogP contribution < -0.4 is 16.0 Å². The van der Waals surface area contributed by atoms with Gasteiger partial charge in [0.25, 0.3) is 11.8 Å². The molecule has 0 unspecified atom stereocenters. The van der Waals surface area contributed by atoms with E-state index in [1.807, 2.05) is 61.5 Å². The van der Waals surface area contributed by atoms with Crippen molar-refractivity contribution in [2.24, 2.45) is 0 Å². The number of nitrogens with one attached hydrogen (secondary N) is 3. The lowest BCUT2D eigenvalue weighted by atomic mass is 10.0. The van der Waals surface area contributed by atoms with E-state index in [1.54, 1.807) is 12.1 Å². The Balaban J connectivity index is 0.000000396. The molecule has 3 N–H and O–H groups in total. The number of carbonyl (C=O) groups is 2. The summed E-state index contributed by atoms with van der Waals surface area (Å²) in [7, 11) is 0. The molecule has 1 aliphatic rings. The Kier molecular flexibility index (Phi) is 9.86. The van der Waals surface area contributed by atoms with Gasteiger partial charge in [-0.05, 0) is 69.0 Å². The third-order valence-corrected chi connectivity index (χ3v) is 5.49. The molecular weight excluding hydrogens is 422 g/mol. The Bertz CT molecular complexity index is 1050. The Morgan fingerprint density at radius 1 is 0.735 bits per heavy atom. The van der Waals surface area contributed by atoms with Gasteiger partial charge in [0.05, 0.1) is 0 Å². The van der Waals surface area contributed by atoms with Crippen LogP contribution in [0.5, 0.6) is 0 Å². The van der Waals surface area contributed by atoms with Gasteiger partial charge >= 0.3 is 0 Å². The molecule has 178 valence electrons. The Labute approximate surface area is 203 Å². The third kappa shape index (κ3) is 9.20. The van der Waals surface area contributed by atoms with Crippen LogP contribution in [0, 0.1) is 13.8 Å². The van der Waals surface area contributed by atoms with E-state index >= 15 is 0 Å². The standard InChI is InChI=1S/C22H27N3O2.C7H8/c1-16-12-18(21(26)24-11-5-10-23-20-8-9-20)14-19(13-16)22(27)25-15-17-6-3-2-4-7-17;1-7-5-3-2-4-6-7/h2-4,6-7,12-14,20,23H,5,8-11,15H2,1H3,(H,24,26)(H,25,27);2-6H,1H3. The highest BCUT2D eigenvalue weighted by Gasteiger charge is 2.19. The van der Waals surface area contributed by atoms with Crippen LogP contribution in [0.3, 0.4) is 0 Å². The maximum Gasteiger partial charge on any atom is 0.251 e. The van der Waals surface area contributed by atoms with Gasteiger partial charge in [0.1, 0.15) is 0 Å². The Hall–Kier alpha value is -3.44. The van der Waals surface area contributed by atoms with Gasteiger partial charge < -0.3 is 16.0 Å². The monoisotopic (exact) mass is 457 g/mol. The molecule has 3 aromatic rings. The summed E-state index contributed by atoms with van der Waals surface area (Å²) in [6.45, 7) is 5.99. The number of aryl methyl sites for hydroxylation is 2. The summed E-state index contributed by atoms with van der Waals surface area (Å²) in [5, 5.41) is 9.27. The summed E-state index contributed by atoms with van der Waals surface area (Å²) in [6.07, 6.45) is 3.44. The number of carbonyl (C=O) groups excluding carboxylic acids is 2. The molecule has 5 nitrogen and oxygen atoms in total. The smallest absolute Gasteiger partial charge is 0.251 e. The number of rotatable bonds is 9. The van der Waals surface area contributed by atoms with E-state index in [9.17, 15) is 9.59 Å². The second-order valence-electron chi connectivity index (χ2n) is 8.75. The number of amides is 2. The summed E-state index contributed by atoms with van der Waals surface area (Å²) < 4.78 is 0. The van der Waals surface area contributed by atoms with Crippen molar-refractivity contribution in [3.8, 4) is 0 Å². The van der Waals surface area contributed by atoms with Crippen LogP contribution >= 0.6 is 0 Å². The number of benzene rings is 3. The van der Waals surface area contributed by atoms with Gasteiger partial charge in [-0.1, -0.05) is 66.2 Å². The molecular formula is C29H35N3O2. The SMILES string of the molecule is Cc1cc(C(=O)NCCCNC2CC2)cc(C(=O)NCc2ccccc2)c1.Cc1ccccc1. The summed E-state index contributed by atoms with van der Waals surface area (Å²) in [4.78, 5) is 24.9. The second kappa shape index (κ2) is 13.3. The largest absolute Gasteiger partial charge is 0.352 e. The van der Waals surface area contributed by atoms with Gasteiger partial charge in [-0.3, -0.25) is 9.59 Å². The molecule has 1 fully saturated rings. The fourth-order valence-corrected chi connectivity index (χ4v) is 3.45. The molecule has 0 aromatic heterocycles. The van der Waals surface area contributed by atoms with Gasteiger partial charge in [-0.2, -0.15) is 0 Å². The maximum atomic E-state index is 12.5. The molecule has 0 spiro atoms. The van der Waals surface area contributed by atoms with Crippen molar-refractivity contribution >= 4 is 11.8 Å². The minimum Gasteiger partial charge on any atom is -0.352 e. The van der Waals surface area contributed by atoms with E-state index in [1.165, 1.54) is 18.4 Å². The highest BCUT2D eigenvalue weighted by Crippen LogP contribution is 2.18. The zero-order valence-corrected chi connectivity index (χ0v) is 20.1. The third-order valence-electron chi connectivity index (χ3n) is 5.49. The molecule has 0 saturated heterocycles. The van der Waals surface area contributed by atoms with Crippen LogP contribution in [0.25, 0.3) is 0 Å². The van der Waals surface area contributed by atoms with E-state index in [0.29, 0.717) is 30.3 Å². The summed E-state index contributed by atoms with van der Waals surface area (Å²) in [5.41, 5.74) is 4.28. The van der Waals surface area contributed by atoms with E-state index in [0.717, 1.165) is 24.1 Å². The van der Waals surface area contributed by atoms with Crippen molar-refractivity contribution in [2.45, 2.75) is 45.7 Å². The van der Waals surface area contributed by atoms with Gasteiger partial charge in [-0.25, -0.2) is 0 Å². The van der Waals surface area contributed by atoms with Crippen LogP contribution in [-0.2, 0) is 6.54 Å². The van der Waals surface area contributed by atoms with Gasteiger partial charge in [0.2, 0.25) is 0 Å². The highest BCUT2D eigenvalue weighted by molar-refractivity contribution is 6.00. The molecule has 0 bridgehead atoms. The first-order valence-corrected chi connectivity index (χ1v) is 12.0.